The van der Waals surface area contributed by atoms with Gasteiger partial charge in [-0.05, 0) is 43.9 Å². The van der Waals surface area contributed by atoms with Crippen LogP contribution in [0.15, 0.2) is 18.2 Å². The number of hydrogen-bond donors (Lipinski definition) is 1. The Morgan fingerprint density at radius 3 is 2.78 bits per heavy atom. The predicted octanol–water partition coefficient (Wildman–Crippen LogP) is 2.85. The van der Waals surface area contributed by atoms with E-state index in [1.165, 1.54) is 31.4 Å². The Hall–Kier alpha value is -1.53. The second kappa shape index (κ2) is 6.42. The van der Waals surface area contributed by atoms with Crippen LogP contribution < -0.4 is 10.5 Å². The van der Waals surface area contributed by atoms with Crippen LogP contribution in [-0.4, -0.2) is 12.6 Å². The molecule has 0 radical (unpaired) electrons. The topological polar surface area (TPSA) is 35.2 Å². The summed E-state index contributed by atoms with van der Waals surface area (Å²) in [6, 6.07) is 4.47. The van der Waals surface area contributed by atoms with Crippen molar-refractivity contribution in [1.82, 2.24) is 0 Å². The first-order chi connectivity index (χ1) is 8.79. The molecular formula is C15H18FNO. The highest BCUT2D eigenvalue weighted by atomic mass is 19.1. The highest BCUT2D eigenvalue weighted by molar-refractivity contribution is 5.46. The predicted molar refractivity (Wildman–Crippen MR) is 69.8 cm³/mol. The van der Waals surface area contributed by atoms with Crippen LogP contribution in [0.5, 0.6) is 5.75 Å². The molecule has 3 heteroatoms. The number of benzene rings is 1. The molecule has 1 saturated carbocycles. The molecule has 1 aromatic rings. The largest absolute Gasteiger partial charge is 0.489 e. The lowest BCUT2D eigenvalue weighted by molar-refractivity contribution is 0.154. The summed E-state index contributed by atoms with van der Waals surface area (Å²) in [6.07, 6.45) is 6.07. The summed E-state index contributed by atoms with van der Waals surface area (Å²) in [5.41, 5.74) is 5.93. The van der Waals surface area contributed by atoms with Crippen molar-refractivity contribution in [3.63, 3.8) is 0 Å². The van der Waals surface area contributed by atoms with Crippen molar-refractivity contribution in [3.05, 3.63) is 29.6 Å². The van der Waals surface area contributed by atoms with E-state index in [-0.39, 0.29) is 18.5 Å². The standard InChI is InChI=1S/C15H18FNO/c16-13-8-9-15(12(11-13)5-4-10-17)18-14-6-2-1-3-7-14/h8-9,11,14H,1-3,6-7,10,17H2. The fraction of sp³-hybridized carbons (Fsp3) is 0.467. The molecule has 0 heterocycles. The molecule has 2 nitrogen and oxygen atoms in total. The van der Waals surface area contributed by atoms with Crippen LogP contribution in [-0.2, 0) is 0 Å². The van der Waals surface area contributed by atoms with Crippen molar-refractivity contribution in [2.45, 2.75) is 38.2 Å². The highest BCUT2D eigenvalue weighted by Crippen LogP contribution is 2.26. The Labute approximate surface area is 107 Å². The van der Waals surface area contributed by atoms with Gasteiger partial charge in [0.15, 0.2) is 0 Å². The summed E-state index contributed by atoms with van der Waals surface area (Å²) in [6.45, 7) is 0.263. The molecule has 0 amide bonds. The van der Waals surface area contributed by atoms with Crippen molar-refractivity contribution in [2.24, 2.45) is 5.73 Å². The molecule has 2 N–H and O–H groups in total. The van der Waals surface area contributed by atoms with Crippen molar-refractivity contribution in [3.8, 4) is 17.6 Å². The normalized spacial score (nSPS) is 15.9. The maximum atomic E-state index is 13.2. The van der Waals surface area contributed by atoms with Crippen molar-refractivity contribution in [1.29, 1.82) is 0 Å². The smallest absolute Gasteiger partial charge is 0.135 e. The second-order valence-corrected chi connectivity index (χ2v) is 4.52. The first-order valence-electron chi connectivity index (χ1n) is 6.45. The van der Waals surface area contributed by atoms with Crippen LogP contribution in [0.3, 0.4) is 0 Å². The van der Waals surface area contributed by atoms with E-state index in [4.69, 9.17) is 10.5 Å². The molecule has 1 aliphatic carbocycles. The van der Waals surface area contributed by atoms with Gasteiger partial charge in [0.25, 0.3) is 0 Å². The lowest BCUT2D eigenvalue weighted by atomic mass is 9.97. The van der Waals surface area contributed by atoms with Gasteiger partial charge in [-0.3, -0.25) is 0 Å². The first kappa shape index (κ1) is 12.9. The van der Waals surface area contributed by atoms with Gasteiger partial charge in [0.05, 0.1) is 18.2 Å². The van der Waals surface area contributed by atoms with Gasteiger partial charge in [0, 0.05) is 0 Å². The summed E-state index contributed by atoms with van der Waals surface area (Å²) in [4.78, 5) is 0. The van der Waals surface area contributed by atoms with Crippen molar-refractivity contribution < 1.29 is 9.13 Å². The van der Waals surface area contributed by atoms with Gasteiger partial charge >= 0.3 is 0 Å². The Morgan fingerprint density at radius 1 is 1.28 bits per heavy atom. The quantitative estimate of drug-likeness (QED) is 0.816. The summed E-state index contributed by atoms with van der Waals surface area (Å²) < 4.78 is 19.1. The zero-order valence-corrected chi connectivity index (χ0v) is 10.4. The number of ether oxygens (including phenoxy) is 1. The van der Waals surface area contributed by atoms with E-state index in [9.17, 15) is 4.39 Å². The van der Waals surface area contributed by atoms with Crippen LogP contribution in [0.1, 0.15) is 37.7 Å². The van der Waals surface area contributed by atoms with E-state index in [2.05, 4.69) is 11.8 Å². The number of hydrogen-bond acceptors (Lipinski definition) is 2. The van der Waals surface area contributed by atoms with Gasteiger partial charge in [-0.2, -0.15) is 0 Å². The first-order valence-corrected chi connectivity index (χ1v) is 6.45. The lowest BCUT2D eigenvalue weighted by Crippen LogP contribution is -2.20. The SMILES string of the molecule is NCC#Cc1cc(F)ccc1OC1CCCCC1. The minimum Gasteiger partial charge on any atom is -0.489 e. The molecule has 2 rings (SSSR count). The zero-order chi connectivity index (χ0) is 12.8. The molecule has 0 saturated heterocycles. The minimum atomic E-state index is -0.299. The van der Waals surface area contributed by atoms with Gasteiger partial charge < -0.3 is 10.5 Å². The van der Waals surface area contributed by atoms with Crippen LogP contribution in [0.2, 0.25) is 0 Å². The molecule has 0 atom stereocenters. The number of rotatable bonds is 2. The summed E-state index contributed by atoms with van der Waals surface area (Å²) >= 11 is 0. The molecule has 1 aromatic carbocycles. The molecule has 0 aromatic heterocycles. The van der Waals surface area contributed by atoms with Gasteiger partial charge in [0.1, 0.15) is 11.6 Å². The average molecular weight is 247 g/mol. The third kappa shape index (κ3) is 3.48. The van der Waals surface area contributed by atoms with Crippen LogP contribution in [0.25, 0.3) is 0 Å². The molecule has 96 valence electrons. The summed E-state index contributed by atoms with van der Waals surface area (Å²) in [5.74, 6) is 5.98. The van der Waals surface area contributed by atoms with Crippen LogP contribution >= 0.6 is 0 Å². The van der Waals surface area contributed by atoms with Crippen LogP contribution in [0, 0.1) is 17.7 Å². The fourth-order valence-electron chi connectivity index (χ4n) is 2.21. The maximum absolute atomic E-state index is 13.2. The molecule has 0 bridgehead atoms. The molecular weight excluding hydrogens is 229 g/mol. The van der Waals surface area contributed by atoms with E-state index >= 15 is 0 Å². The average Bonchev–Trinajstić information content (AvgIpc) is 2.40. The second-order valence-electron chi connectivity index (χ2n) is 4.52. The monoisotopic (exact) mass is 247 g/mol. The van der Waals surface area contributed by atoms with E-state index in [1.54, 1.807) is 6.07 Å². The molecule has 0 aliphatic heterocycles. The molecule has 0 unspecified atom stereocenters. The molecule has 0 spiro atoms. The molecule has 1 aliphatic rings. The summed E-state index contributed by atoms with van der Waals surface area (Å²) in [7, 11) is 0. The molecule has 18 heavy (non-hydrogen) atoms. The van der Waals surface area contributed by atoms with Gasteiger partial charge in [-0.1, -0.05) is 18.3 Å². The number of halogens is 1. The maximum Gasteiger partial charge on any atom is 0.135 e. The van der Waals surface area contributed by atoms with E-state index in [0.717, 1.165) is 12.8 Å². The van der Waals surface area contributed by atoms with Crippen LogP contribution in [0.4, 0.5) is 4.39 Å². The van der Waals surface area contributed by atoms with E-state index in [1.807, 2.05) is 0 Å². The van der Waals surface area contributed by atoms with E-state index < -0.39 is 0 Å². The highest BCUT2D eigenvalue weighted by Gasteiger charge is 2.16. The Balaban J connectivity index is 2.15. The van der Waals surface area contributed by atoms with E-state index in [0.29, 0.717) is 11.3 Å². The Morgan fingerprint density at radius 2 is 2.06 bits per heavy atom. The Bertz CT molecular complexity index is 455. The minimum absolute atomic E-state index is 0.239. The van der Waals surface area contributed by atoms with Crippen molar-refractivity contribution >= 4 is 0 Å². The zero-order valence-electron chi connectivity index (χ0n) is 10.4. The summed E-state index contributed by atoms with van der Waals surface area (Å²) in [5, 5.41) is 0. The van der Waals surface area contributed by atoms with Gasteiger partial charge in [-0.15, -0.1) is 0 Å². The van der Waals surface area contributed by atoms with Gasteiger partial charge in [-0.25, -0.2) is 4.39 Å². The third-order valence-corrected chi connectivity index (χ3v) is 3.11. The van der Waals surface area contributed by atoms with Gasteiger partial charge in [0.2, 0.25) is 0 Å². The lowest BCUT2D eigenvalue weighted by Gasteiger charge is -2.23. The third-order valence-electron chi connectivity index (χ3n) is 3.11. The Kier molecular flexibility index (Phi) is 4.60. The fourth-order valence-corrected chi connectivity index (χ4v) is 2.21. The number of nitrogens with two attached hydrogens (primary N) is 1. The molecule has 1 fully saturated rings. The van der Waals surface area contributed by atoms with Crippen molar-refractivity contribution in [2.75, 3.05) is 6.54 Å².